The van der Waals surface area contributed by atoms with Crippen LogP contribution in [0.15, 0.2) is 54.7 Å². The number of aromatic nitrogens is 2. The van der Waals surface area contributed by atoms with Crippen molar-refractivity contribution in [3.8, 4) is 5.75 Å². The molecule has 0 unspecified atom stereocenters. The van der Waals surface area contributed by atoms with E-state index in [0.717, 1.165) is 31.1 Å². The second-order valence-corrected chi connectivity index (χ2v) is 6.84. The summed E-state index contributed by atoms with van der Waals surface area (Å²) in [5, 5.41) is 14.7. The number of benzene rings is 2. The number of hydrogen-bond donors (Lipinski definition) is 1. The minimum Gasteiger partial charge on any atom is -0.495 e. The summed E-state index contributed by atoms with van der Waals surface area (Å²) in [5.74, 6) is 1.63. The molecule has 1 aliphatic heterocycles. The van der Waals surface area contributed by atoms with E-state index in [4.69, 9.17) is 4.74 Å². The zero-order chi connectivity index (χ0) is 17.9. The number of nitrogens with zero attached hydrogens (tertiary/aromatic N) is 3. The van der Waals surface area contributed by atoms with Crippen molar-refractivity contribution in [2.45, 2.75) is 25.4 Å². The largest absolute Gasteiger partial charge is 0.495 e. The first kappa shape index (κ1) is 16.8. The first-order chi connectivity index (χ1) is 12.7. The fourth-order valence-electron chi connectivity index (χ4n) is 3.78. The van der Waals surface area contributed by atoms with Crippen LogP contribution in [0, 0.1) is 0 Å². The lowest BCUT2D eigenvalue weighted by molar-refractivity contribution is 0.411. The van der Waals surface area contributed by atoms with E-state index >= 15 is 0 Å². The molecule has 2 atom stereocenters. The molecule has 0 spiro atoms. The average Bonchev–Trinajstić information content (AvgIpc) is 3.16. The third-order valence-corrected chi connectivity index (χ3v) is 5.14. The van der Waals surface area contributed by atoms with Gasteiger partial charge in [0, 0.05) is 31.2 Å². The van der Waals surface area contributed by atoms with Gasteiger partial charge < -0.3 is 15.0 Å². The maximum Gasteiger partial charge on any atom is 0.155 e. The Morgan fingerprint density at radius 1 is 1.19 bits per heavy atom. The molecule has 3 aromatic rings. The van der Waals surface area contributed by atoms with Crippen molar-refractivity contribution in [2.75, 3.05) is 25.1 Å². The van der Waals surface area contributed by atoms with E-state index < -0.39 is 0 Å². The normalized spacial score (nSPS) is 18.2. The van der Waals surface area contributed by atoms with Gasteiger partial charge in [0.2, 0.25) is 0 Å². The van der Waals surface area contributed by atoms with E-state index in [1.165, 1.54) is 16.3 Å². The number of anilines is 1. The molecule has 5 nitrogen and oxygen atoms in total. The van der Waals surface area contributed by atoms with Crippen LogP contribution in [0.25, 0.3) is 10.8 Å². The molecule has 0 aliphatic carbocycles. The fraction of sp³-hybridized carbons (Fsp3) is 0.333. The third-order valence-electron chi connectivity index (χ3n) is 5.14. The fourth-order valence-corrected chi connectivity index (χ4v) is 3.78. The predicted octanol–water partition coefficient (Wildman–Crippen LogP) is 3.57. The van der Waals surface area contributed by atoms with E-state index in [1.54, 1.807) is 13.3 Å². The molecule has 1 N–H and O–H groups in total. The summed E-state index contributed by atoms with van der Waals surface area (Å²) in [7, 11) is 1.65. The van der Waals surface area contributed by atoms with Gasteiger partial charge in [0.25, 0.3) is 0 Å². The molecule has 0 bridgehead atoms. The van der Waals surface area contributed by atoms with Crippen LogP contribution in [-0.2, 0) is 0 Å². The van der Waals surface area contributed by atoms with E-state index in [-0.39, 0.29) is 0 Å². The maximum atomic E-state index is 5.26. The summed E-state index contributed by atoms with van der Waals surface area (Å²) in [6, 6.07) is 17.8. The Kier molecular flexibility index (Phi) is 4.71. The third kappa shape index (κ3) is 3.35. The minimum absolute atomic E-state index is 0.294. The van der Waals surface area contributed by atoms with Crippen molar-refractivity contribution >= 4 is 16.6 Å². The van der Waals surface area contributed by atoms with E-state index in [2.05, 4.69) is 69.8 Å². The predicted molar refractivity (Wildman–Crippen MR) is 105 cm³/mol. The summed E-state index contributed by atoms with van der Waals surface area (Å²) in [6.07, 6.45) is 2.73. The van der Waals surface area contributed by atoms with Crippen LogP contribution >= 0.6 is 0 Å². The molecular weight excluding hydrogens is 324 g/mol. The Labute approximate surface area is 154 Å². The lowest BCUT2D eigenvalue weighted by Crippen LogP contribution is -2.34. The zero-order valence-corrected chi connectivity index (χ0v) is 15.2. The van der Waals surface area contributed by atoms with Gasteiger partial charge in [-0.1, -0.05) is 42.5 Å². The smallest absolute Gasteiger partial charge is 0.155 e. The van der Waals surface area contributed by atoms with Gasteiger partial charge in [-0.3, -0.25) is 0 Å². The molecule has 1 aromatic heterocycles. The van der Waals surface area contributed by atoms with Gasteiger partial charge in [0.15, 0.2) is 5.82 Å². The molecule has 0 radical (unpaired) electrons. The molecule has 0 saturated carbocycles. The van der Waals surface area contributed by atoms with Gasteiger partial charge in [0.1, 0.15) is 5.75 Å². The van der Waals surface area contributed by atoms with E-state index in [9.17, 15) is 0 Å². The number of nitrogens with one attached hydrogen (secondary N) is 1. The van der Waals surface area contributed by atoms with Crippen molar-refractivity contribution in [1.29, 1.82) is 0 Å². The molecule has 5 heteroatoms. The molecule has 4 rings (SSSR count). The Morgan fingerprint density at radius 3 is 2.92 bits per heavy atom. The molecular formula is C21H24N4O. The van der Waals surface area contributed by atoms with Gasteiger partial charge in [-0.2, -0.15) is 5.10 Å². The number of ether oxygens (including phenoxy) is 1. The Hall–Kier alpha value is -2.66. The molecule has 2 aromatic carbocycles. The van der Waals surface area contributed by atoms with Crippen molar-refractivity contribution in [1.82, 2.24) is 15.5 Å². The highest BCUT2D eigenvalue weighted by molar-refractivity contribution is 5.86. The molecule has 2 heterocycles. The minimum atomic E-state index is 0.294. The molecule has 1 fully saturated rings. The quantitative estimate of drug-likeness (QED) is 0.764. The molecule has 1 saturated heterocycles. The van der Waals surface area contributed by atoms with Crippen molar-refractivity contribution in [3.05, 3.63) is 60.3 Å². The van der Waals surface area contributed by atoms with Crippen LogP contribution in [0.2, 0.25) is 0 Å². The molecule has 1 aliphatic rings. The standard InChI is InChI=1S/C21H24N4O/c1-15(19-9-5-7-16-6-3-4-8-20(16)19)23-17-10-11-25(14-17)21-12-18(26-2)13-22-24-21/h3-9,12-13,15,17,23H,10-11,14H2,1-2H3/t15-,17+/m1/s1. The number of methoxy groups -OCH3 is 1. The lowest BCUT2D eigenvalue weighted by Gasteiger charge is -2.22. The van der Waals surface area contributed by atoms with Crippen molar-refractivity contribution < 1.29 is 4.74 Å². The van der Waals surface area contributed by atoms with Gasteiger partial charge in [-0.25, -0.2) is 0 Å². The topological polar surface area (TPSA) is 50.3 Å². The van der Waals surface area contributed by atoms with Gasteiger partial charge >= 0.3 is 0 Å². The highest BCUT2D eigenvalue weighted by Gasteiger charge is 2.25. The van der Waals surface area contributed by atoms with Gasteiger partial charge in [-0.15, -0.1) is 5.10 Å². The SMILES string of the molecule is COc1cnnc(N2CC[C@H](N[C@H](C)c3cccc4ccccc34)C2)c1. The summed E-state index contributed by atoms with van der Waals surface area (Å²) >= 11 is 0. The van der Waals surface area contributed by atoms with Crippen LogP contribution in [0.4, 0.5) is 5.82 Å². The first-order valence-corrected chi connectivity index (χ1v) is 9.10. The van der Waals surface area contributed by atoms with E-state index in [0.29, 0.717) is 12.1 Å². The number of hydrogen-bond acceptors (Lipinski definition) is 5. The molecule has 0 amide bonds. The van der Waals surface area contributed by atoms with Gasteiger partial charge in [0.05, 0.1) is 13.3 Å². The first-order valence-electron chi connectivity index (χ1n) is 9.10. The summed E-state index contributed by atoms with van der Waals surface area (Å²) < 4.78 is 5.26. The highest BCUT2D eigenvalue weighted by Crippen LogP contribution is 2.26. The van der Waals surface area contributed by atoms with Crippen molar-refractivity contribution in [3.63, 3.8) is 0 Å². The summed E-state index contributed by atoms with van der Waals surface area (Å²) in [6.45, 7) is 4.15. The second kappa shape index (κ2) is 7.30. The Bertz CT molecular complexity index is 893. The van der Waals surface area contributed by atoms with Crippen LogP contribution in [-0.4, -0.2) is 36.4 Å². The van der Waals surface area contributed by atoms with Crippen LogP contribution < -0.4 is 15.0 Å². The lowest BCUT2D eigenvalue weighted by atomic mass is 9.99. The van der Waals surface area contributed by atoms with Crippen molar-refractivity contribution in [2.24, 2.45) is 0 Å². The zero-order valence-electron chi connectivity index (χ0n) is 15.2. The van der Waals surface area contributed by atoms with Gasteiger partial charge in [-0.05, 0) is 29.7 Å². The number of fused-ring (bicyclic) bond motifs is 1. The van der Waals surface area contributed by atoms with Crippen LogP contribution in [0.5, 0.6) is 5.75 Å². The molecule has 134 valence electrons. The summed E-state index contributed by atoms with van der Waals surface area (Å²) in [4.78, 5) is 2.27. The molecule has 26 heavy (non-hydrogen) atoms. The van der Waals surface area contributed by atoms with Crippen LogP contribution in [0.1, 0.15) is 24.9 Å². The summed E-state index contributed by atoms with van der Waals surface area (Å²) in [5.41, 5.74) is 1.35. The van der Waals surface area contributed by atoms with Crippen LogP contribution in [0.3, 0.4) is 0 Å². The number of rotatable bonds is 5. The highest BCUT2D eigenvalue weighted by atomic mass is 16.5. The van der Waals surface area contributed by atoms with E-state index in [1.807, 2.05) is 6.07 Å². The monoisotopic (exact) mass is 348 g/mol. The Morgan fingerprint density at radius 2 is 2.04 bits per heavy atom. The maximum absolute atomic E-state index is 5.26. The average molecular weight is 348 g/mol. The Balaban J connectivity index is 1.46. The second-order valence-electron chi connectivity index (χ2n) is 6.84.